The number of H-pyrrole nitrogens is 1. The lowest BCUT2D eigenvalue weighted by atomic mass is 10.0. The van der Waals surface area contributed by atoms with Crippen LogP contribution in [-0.2, 0) is 0 Å². The predicted octanol–water partition coefficient (Wildman–Crippen LogP) is 1.59. The molecule has 2 rings (SSSR count). The zero-order valence-electron chi connectivity index (χ0n) is 9.17. The van der Waals surface area contributed by atoms with E-state index in [-0.39, 0.29) is 5.54 Å². The van der Waals surface area contributed by atoms with E-state index in [1.807, 2.05) is 12.3 Å². The summed E-state index contributed by atoms with van der Waals surface area (Å²) in [6, 6.07) is 4.76. The molecule has 1 aromatic heterocycles. The number of hydrogen-bond donors (Lipinski definition) is 2. The Kier molecular flexibility index (Phi) is 2.27. The summed E-state index contributed by atoms with van der Waals surface area (Å²) in [5.41, 5.74) is 0.283. The molecule has 0 aliphatic carbocycles. The average Bonchev–Trinajstić information content (AvgIpc) is 2.72. The van der Waals surface area contributed by atoms with E-state index in [4.69, 9.17) is 0 Å². The summed E-state index contributed by atoms with van der Waals surface area (Å²) in [5.74, 6) is 1.20. The van der Waals surface area contributed by atoms with Crippen molar-refractivity contribution >= 4 is 5.82 Å². The third kappa shape index (κ3) is 1.77. The van der Waals surface area contributed by atoms with Crippen LogP contribution >= 0.6 is 0 Å². The van der Waals surface area contributed by atoms with Crippen LogP contribution in [0, 0.1) is 0 Å². The van der Waals surface area contributed by atoms with Crippen LogP contribution in [-0.4, -0.2) is 30.2 Å². The topological polar surface area (TPSA) is 31.1 Å². The van der Waals surface area contributed by atoms with Gasteiger partial charge in [-0.15, -0.1) is 0 Å². The predicted molar refractivity (Wildman–Crippen MR) is 59.7 cm³/mol. The number of hydrogen-bond acceptors (Lipinski definition) is 2. The number of aromatic amines is 1. The molecule has 0 amide bonds. The van der Waals surface area contributed by atoms with E-state index in [0.29, 0.717) is 6.04 Å². The van der Waals surface area contributed by atoms with Crippen LogP contribution in [0.15, 0.2) is 18.3 Å². The summed E-state index contributed by atoms with van der Waals surface area (Å²) in [5, 5.41) is 3.53. The van der Waals surface area contributed by atoms with Crippen LogP contribution < -0.4 is 10.2 Å². The quantitative estimate of drug-likeness (QED) is 0.747. The second kappa shape index (κ2) is 3.31. The zero-order valence-corrected chi connectivity index (χ0v) is 9.17. The molecule has 0 aromatic carbocycles. The summed E-state index contributed by atoms with van der Waals surface area (Å²) < 4.78 is 0. The van der Waals surface area contributed by atoms with E-state index >= 15 is 0 Å². The van der Waals surface area contributed by atoms with Crippen molar-refractivity contribution in [3.63, 3.8) is 0 Å². The monoisotopic (exact) mass is 193 g/mol. The molecule has 1 fully saturated rings. The minimum Gasteiger partial charge on any atom is -0.357 e. The fourth-order valence-electron chi connectivity index (χ4n) is 2.14. The van der Waals surface area contributed by atoms with Gasteiger partial charge in [-0.05, 0) is 32.4 Å². The van der Waals surface area contributed by atoms with Crippen molar-refractivity contribution in [3.8, 4) is 0 Å². The maximum Gasteiger partial charge on any atom is 0.105 e. The minimum atomic E-state index is 0.283. The van der Waals surface area contributed by atoms with Crippen molar-refractivity contribution in [1.82, 2.24) is 10.3 Å². The van der Waals surface area contributed by atoms with Gasteiger partial charge in [0.15, 0.2) is 0 Å². The SMILES string of the molecule is CN(c1ccc[nH]1)C1CNC(C)(C)C1. The number of rotatable bonds is 2. The molecule has 0 bridgehead atoms. The normalized spacial score (nSPS) is 25.2. The third-order valence-corrected chi connectivity index (χ3v) is 3.07. The molecule has 14 heavy (non-hydrogen) atoms. The van der Waals surface area contributed by atoms with E-state index in [1.54, 1.807) is 0 Å². The maximum atomic E-state index is 3.53. The van der Waals surface area contributed by atoms with Crippen LogP contribution in [0.1, 0.15) is 20.3 Å². The maximum absolute atomic E-state index is 3.53. The van der Waals surface area contributed by atoms with Crippen molar-refractivity contribution in [1.29, 1.82) is 0 Å². The number of nitrogens with one attached hydrogen (secondary N) is 2. The Bertz CT molecular complexity index is 289. The fourth-order valence-corrected chi connectivity index (χ4v) is 2.14. The molecule has 0 saturated carbocycles. The molecular formula is C11H19N3. The average molecular weight is 193 g/mol. The van der Waals surface area contributed by atoms with Gasteiger partial charge in [0, 0.05) is 31.4 Å². The highest BCUT2D eigenvalue weighted by atomic mass is 15.2. The molecule has 0 radical (unpaired) electrons. The van der Waals surface area contributed by atoms with E-state index in [9.17, 15) is 0 Å². The summed E-state index contributed by atoms with van der Waals surface area (Å²) in [7, 11) is 2.15. The number of likely N-dealkylation sites (N-methyl/N-ethyl adjacent to an activating group) is 1. The lowest BCUT2D eigenvalue weighted by Crippen LogP contribution is -2.33. The van der Waals surface area contributed by atoms with Gasteiger partial charge in [0.1, 0.15) is 5.82 Å². The second-order valence-corrected chi connectivity index (χ2v) is 4.79. The highest BCUT2D eigenvalue weighted by Gasteiger charge is 2.32. The van der Waals surface area contributed by atoms with E-state index in [2.05, 4.69) is 42.2 Å². The minimum absolute atomic E-state index is 0.283. The van der Waals surface area contributed by atoms with E-state index < -0.39 is 0 Å². The van der Waals surface area contributed by atoms with Gasteiger partial charge in [0.05, 0.1) is 0 Å². The molecule has 2 N–H and O–H groups in total. The lowest BCUT2D eigenvalue weighted by molar-refractivity contribution is 0.454. The van der Waals surface area contributed by atoms with Gasteiger partial charge in [0.25, 0.3) is 0 Å². The van der Waals surface area contributed by atoms with Gasteiger partial charge in [-0.3, -0.25) is 0 Å². The first-order valence-corrected chi connectivity index (χ1v) is 5.20. The Morgan fingerprint density at radius 2 is 2.29 bits per heavy atom. The first-order valence-electron chi connectivity index (χ1n) is 5.20. The molecule has 2 heterocycles. The molecule has 3 heteroatoms. The molecule has 3 nitrogen and oxygen atoms in total. The summed E-state index contributed by atoms with van der Waals surface area (Å²) >= 11 is 0. The third-order valence-electron chi connectivity index (χ3n) is 3.07. The Morgan fingerprint density at radius 1 is 1.50 bits per heavy atom. The zero-order chi connectivity index (χ0) is 10.2. The second-order valence-electron chi connectivity index (χ2n) is 4.79. The molecule has 1 aliphatic heterocycles. The molecule has 0 spiro atoms. The Morgan fingerprint density at radius 3 is 2.79 bits per heavy atom. The highest BCUT2D eigenvalue weighted by molar-refractivity contribution is 5.39. The standard InChI is InChI=1S/C11H19N3/c1-11(2)7-9(8-13-11)14(3)10-5-4-6-12-10/h4-6,9,12-13H,7-8H2,1-3H3. The van der Waals surface area contributed by atoms with E-state index in [0.717, 1.165) is 6.54 Å². The van der Waals surface area contributed by atoms with Crippen molar-refractivity contribution in [2.75, 3.05) is 18.5 Å². The van der Waals surface area contributed by atoms with Crippen molar-refractivity contribution in [3.05, 3.63) is 18.3 Å². The fraction of sp³-hybridized carbons (Fsp3) is 0.636. The molecule has 1 aliphatic rings. The molecule has 1 saturated heterocycles. The van der Waals surface area contributed by atoms with Crippen molar-refractivity contribution in [2.24, 2.45) is 0 Å². The van der Waals surface area contributed by atoms with Gasteiger partial charge in [-0.2, -0.15) is 0 Å². The summed E-state index contributed by atoms with van der Waals surface area (Å²) in [4.78, 5) is 5.56. The Labute approximate surface area is 85.5 Å². The van der Waals surface area contributed by atoms with Crippen LogP contribution in [0.3, 0.4) is 0 Å². The van der Waals surface area contributed by atoms with Crippen LogP contribution in [0.25, 0.3) is 0 Å². The highest BCUT2D eigenvalue weighted by Crippen LogP contribution is 2.24. The van der Waals surface area contributed by atoms with E-state index in [1.165, 1.54) is 12.2 Å². The largest absolute Gasteiger partial charge is 0.357 e. The van der Waals surface area contributed by atoms with Crippen LogP contribution in [0.5, 0.6) is 0 Å². The molecule has 1 unspecified atom stereocenters. The van der Waals surface area contributed by atoms with Gasteiger partial charge < -0.3 is 15.2 Å². The smallest absolute Gasteiger partial charge is 0.105 e. The lowest BCUT2D eigenvalue weighted by Gasteiger charge is -2.25. The van der Waals surface area contributed by atoms with Crippen LogP contribution in [0.2, 0.25) is 0 Å². The van der Waals surface area contributed by atoms with Gasteiger partial charge in [-0.1, -0.05) is 0 Å². The number of anilines is 1. The van der Waals surface area contributed by atoms with Crippen molar-refractivity contribution < 1.29 is 0 Å². The number of aromatic nitrogens is 1. The first-order chi connectivity index (χ1) is 6.58. The Balaban J connectivity index is 2.04. The summed E-state index contributed by atoms with van der Waals surface area (Å²) in [6.07, 6.45) is 3.17. The van der Waals surface area contributed by atoms with Gasteiger partial charge in [0.2, 0.25) is 0 Å². The van der Waals surface area contributed by atoms with Gasteiger partial charge in [-0.25, -0.2) is 0 Å². The Hall–Kier alpha value is -0.960. The number of nitrogens with zero attached hydrogens (tertiary/aromatic N) is 1. The van der Waals surface area contributed by atoms with Gasteiger partial charge >= 0.3 is 0 Å². The van der Waals surface area contributed by atoms with Crippen LogP contribution in [0.4, 0.5) is 5.82 Å². The molecule has 1 atom stereocenters. The summed E-state index contributed by atoms with van der Waals surface area (Å²) in [6.45, 7) is 5.59. The first kappa shape index (κ1) is 9.59. The molecular weight excluding hydrogens is 174 g/mol. The molecule has 78 valence electrons. The molecule has 1 aromatic rings. The van der Waals surface area contributed by atoms with Crippen molar-refractivity contribution in [2.45, 2.75) is 31.8 Å².